The van der Waals surface area contributed by atoms with Crippen molar-refractivity contribution in [3.8, 4) is 5.75 Å². The van der Waals surface area contributed by atoms with Crippen molar-refractivity contribution in [3.63, 3.8) is 0 Å². The van der Waals surface area contributed by atoms with Crippen LogP contribution in [-0.4, -0.2) is 67.1 Å². The van der Waals surface area contributed by atoms with Crippen molar-refractivity contribution in [2.75, 3.05) is 49.1 Å². The Morgan fingerprint density at radius 2 is 1.27 bits per heavy atom. The Labute approximate surface area is 289 Å². The number of anilines is 2. The number of aromatic hydroxyl groups is 1. The Bertz CT molecular complexity index is 1780. The molecule has 0 aromatic heterocycles. The van der Waals surface area contributed by atoms with Crippen LogP contribution in [0.25, 0.3) is 0 Å². The predicted octanol–water partition coefficient (Wildman–Crippen LogP) is 6.57. The molecule has 0 spiro atoms. The summed E-state index contributed by atoms with van der Waals surface area (Å²) in [7, 11) is 0. The van der Waals surface area contributed by atoms with E-state index in [9.17, 15) is 14.7 Å². The normalized spacial score (nSPS) is 23.6. The number of hydrogen-bond donors (Lipinski definition) is 2. The summed E-state index contributed by atoms with van der Waals surface area (Å²) in [5, 5.41) is 12.7. The fraction of sp³-hybridized carbons (Fsp3) is 0.381. The maximum absolute atomic E-state index is 12.3. The smallest absolute Gasteiger partial charge is 0.234 e. The number of amides is 2. The minimum atomic E-state index is -0.231. The summed E-state index contributed by atoms with van der Waals surface area (Å²) in [5.41, 5.74) is 8.86. The first-order valence-corrected chi connectivity index (χ1v) is 18.1. The number of aryl methyl sites for hydroxylation is 1. The van der Waals surface area contributed by atoms with Crippen LogP contribution in [0.2, 0.25) is 0 Å². The van der Waals surface area contributed by atoms with Gasteiger partial charge in [-0.1, -0.05) is 60.7 Å². The lowest BCUT2D eigenvalue weighted by atomic mass is 9.69. The van der Waals surface area contributed by atoms with Crippen LogP contribution in [0, 0.1) is 0 Å². The second-order valence-corrected chi connectivity index (χ2v) is 14.3. The number of piperidine rings is 2. The van der Waals surface area contributed by atoms with Crippen molar-refractivity contribution >= 4 is 23.2 Å². The second-order valence-electron chi connectivity index (χ2n) is 14.3. The molecule has 3 fully saturated rings. The first-order chi connectivity index (χ1) is 24.0. The van der Waals surface area contributed by atoms with Gasteiger partial charge in [0.05, 0.1) is 5.92 Å². The van der Waals surface area contributed by atoms with Crippen molar-refractivity contribution in [1.29, 1.82) is 0 Å². The molecule has 252 valence electrons. The molecule has 3 heterocycles. The number of carbonyl (C=O) groups is 2. The Morgan fingerprint density at radius 3 is 1.94 bits per heavy atom. The van der Waals surface area contributed by atoms with E-state index >= 15 is 0 Å². The molecule has 7 heteroatoms. The molecule has 0 bridgehead atoms. The fourth-order valence-electron chi connectivity index (χ4n) is 8.93. The van der Waals surface area contributed by atoms with Crippen LogP contribution in [0.1, 0.15) is 77.7 Å². The number of piperazine rings is 1. The highest BCUT2D eigenvalue weighted by atomic mass is 16.3. The van der Waals surface area contributed by atoms with Gasteiger partial charge in [0.1, 0.15) is 5.75 Å². The van der Waals surface area contributed by atoms with Crippen LogP contribution in [0.5, 0.6) is 5.75 Å². The first-order valence-electron chi connectivity index (χ1n) is 18.1. The largest absolute Gasteiger partial charge is 0.508 e. The molecule has 1 unspecified atom stereocenters. The summed E-state index contributed by atoms with van der Waals surface area (Å²) in [6, 6.07) is 35.3. The van der Waals surface area contributed by atoms with Crippen molar-refractivity contribution in [2.24, 2.45) is 0 Å². The monoisotopic (exact) mass is 654 g/mol. The van der Waals surface area contributed by atoms with Crippen molar-refractivity contribution < 1.29 is 14.7 Å². The van der Waals surface area contributed by atoms with Gasteiger partial charge in [0.2, 0.25) is 11.8 Å². The van der Waals surface area contributed by atoms with Crippen LogP contribution < -0.4 is 15.1 Å². The third kappa shape index (κ3) is 6.56. The molecule has 2 amide bonds. The molecule has 3 saturated heterocycles. The van der Waals surface area contributed by atoms with Crippen LogP contribution in [0.4, 0.5) is 11.4 Å². The van der Waals surface area contributed by atoms with Crippen LogP contribution >= 0.6 is 0 Å². The lowest BCUT2D eigenvalue weighted by Gasteiger charge is -2.44. The molecule has 8 rings (SSSR count). The van der Waals surface area contributed by atoms with E-state index < -0.39 is 0 Å². The average molecular weight is 655 g/mol. The number of imide groups is 1. The SMILES string of the molecule is O=C1CCC(c2ccc(N3CCN(C4CCN(c5ccc([C@H]6c7ccc(O)cc7CC[C@H]6c6ccccc6)cc5)CC4)CC3)cc2)C(=O)N1. The lowest BCUT2D eigenvalue weighted by Crippen LogP contribution is -2.53. The second kappa shape index (κ2) is 13.7. The topological polar surface area (TPSA) is 76.1 Å². The molecule has 7 nitrogen and oxygen atoms in total. The van der Waals surface area contributed by atoms with Crippen molar-refractivity contribution in [1.82, 2.24) is 10.2 Å². The van der Waals surface area contributed by atoms with Crippen LogP contribution in [0.3, 0.4) is 0 Å². The van der Waals surface area contributed by atoms with E-state index in [4.69, 9.17) is 0 Å². The summed E-state index contributed by atoms with van der Waals surface area (Å²) < 4.78 is 0. The van der Waals surface area contributed by atoms with E-state index in [1.165, 1.54) is 46.5 Å². The number of phenolic OH excluding ortho intramolecular Hbond substituents is 1. The van der Waals surface area contributed by atoms with E-state index in [0.29, 0.717) is 30.6 Å². The van der Waals surface area contributed by atoms with E-state index in [-0.39, 0.29) is 23.7 Å². The van der Waals surface area contributed by atoms with Gasteiger partial charge in [-0.25, -0.2) is 0 Å². The van der Waals surface area contributed by atoms with Gasteiger partial charge >= 0.3 is 0 Å². The van der Waals surface area contributed by atoms with Gasteiger partial charge in [0.15, 0.2) is 0 Å². The van der Waals surface area contributed by atoms with E-state index in [0.717, 1.165) is 57.7 Å². The van der Waals surface area contributed by atoms with Crippen LogP contribution in [0.15, 0.2) is 97.1 Å². The number of carbonyl (C=O) groups excluding carboxylic acids is 2. The molecule has 49 heavy (non-hydrogen) atoms. The quantitative estimate of drug-likeness (QED) is 0.229. The molecule has 0 radical (unpaired) electrons. The molecular weight excluding hydrogens is 608 g/mol. The van der Waals surface area contributed by atoms with Gasteiger partial charge in [-0.15, -0.1) is 0 Å². The first kappa shape index (κ1) is 31.6. The van der Waals surface area contributed by atoms with E-state index in [1.807, 2.05) is 12.1 Å². The number of nitrogens with one attached hydrogen (secondary N) is 1. The minimum absolute atomic E-state index is 0.169. The van der Waals surface area contributed by atoms with Gasteiger partial charge in [0.25, 0.3) is 0 Å². The van der Waals surface area contributed by atoms with E-state index in [2.05, 4.69) is 105 Å². The maximum atomic E-state index is 12.3. The van der Waals surface area contributed by atoms with Crippen LogP contribution in [-0.2, 0) is 16.0 Å². The summed E-state index contributed by atoms with van der Waals surface area (Å²) in [5.74, 6) is 0.467. The summed E-state index contributed by atoms with van der Waals surface area (Å²) >= 11 is 0. The highest BCUT2D eigenvalue weighted by Gasteiger charge is 2.33. The maximum Gasteiger partial charge on any atom is 0.234 e. The molecule has 4 aliphatic rings. The Kier molecular flexibility index (Phi) is 8.85. The molecule has 3 aliphatic heterocycles. The van der Waals surface area contributed by atoms with Crippen molar-refractivity contribution in [2.45, 2.75) is 62.3 Å². The fourth-order valence-corrected chi connectivity index (χ4v) is 8.93. The lowest BCUT2D eigenvalue weighted by molar-refractivity contribution is -0.134. The Balaban J connectivity index is 0.871. The highest BCUT2D eigenvalue weighted by Crippen LogP contribution is 2.47. The Hall–Kier alpha value is -4.62. The van der Waals surface area contributed by atoms with Gasteiger partial charge in [-0.2, -0.15) is 0 Å². The zero-order valence-corrected chi connectivity index (χ0v) is 28.1. The zero-order valence-electron chi connectivity index (χ0n) is 28.1. The summed E-state index contributed by atoms with van der Waals surface area (Å²) in [4.78, 5) is 31.5. The molecule has 4 aromatic carbocycles. The standard InChI is InChI=1S/C42H46N4O3/c47-36-15-17-38-32(28-36)10-16-37(29-4-2-1-3-5-29)41(38)31-8-13-33(14-9-31)44-22-20-35(21-23-44)46-26-24-45(25-27-46)34-11-6-30(7-12-34)39-18-19-40(48)43-42(39)49/h1-9,11-15,17,28,35,37,39,41,47H,10,16,18-27H2,(H,43,48,49)/t37-,39?,41+/m0/s1. The Morgan fingerprint density at radius 1 is 0.612 bits per heavy atom. The van der Waals surface area contributed by atoms with Gasteiger partial charge in [0, 0.05) is 69.0 Å². The van der Waals surface area contributed by atoms with Gasteiger partial charge in [-0.3, -0.25) is 19.8 Å². The number of nitrogens with zero attached hydrogens (tertiary/aromatic N) is 3. The predicted molar refractivity (Wildman–Crippen MR) is 194 cm³/mol. The summed E-state index contributed by atoms with van der Waals surface area (Å²) in [6.07, 6.45) is 5.41. The molecule has 4 aromatic rings. The van der Waals surface area contributed by atoms with Gasteiger partial charge < -0.3 is 14.9 Å². The zero-order chi connectivity index (χ0) is 33.3. The molecule has 3 atom stereocenters. The number of fused-ring (bicyclic) bond motifs is 1. The summed E-state index contributed by atoms with van der Waals surface area (Å²) in [6.45, 7) is 6.30. The van der Waals surface area contributed by atoms with Crippen molar-refractivity contribution in [3.05, 3.63) is 125 Å². The van der Waals surface area contributed by atoms with Gasteiger partial charge in [-0.05, 0) is 102 Å². The number of benzene rings is 4. The average Bonchev–Trinajstić information content (AvgIpc) is 3.15. The molecule has 2 N–H and O–H groups in total. The molecular formula is C42H46N4O3. The third-order valence-electron chi connectivity index (χ3n) is 11.6. The molecule has 1 aliphatic carbocycles. The highest BCUT2D eigenvalue weighted by molar-refractivity contribution is 6.00. The number of rotatable bonds is 6. The third-order valence-corrected chi connectivity index (χ3v) is 11.6. The number of phenols is 1. The van der Waals surface area contributed by atoms with E-state index in [1.54, 1.807) is 0 Å². The molecule has 0 saturated carbocycles. The minimum Gasteiger partial charge on any atom is -0.508 e. The number of hydrogen-bond acceptors (Lipinski definition) is 6.